The third-order valence-electron chi connectivity index (χ3n) is 5.57. The van der Waals surface area contributed by atoms with Crippen LogP contribution in [-0.2, 0) is 29.3 Å². The average molecular weight is 390 g/mol. The van der Waals surface area contributed by atoms with Crippen LogP contribution in [0.25, 0.3) is 0 Å². The van der Waals surface area contributed by atoms with E-state index in [2.05, 4.69) is 13.0 Å². The first-order valence-electron chi connectivity index (χ1n) is 9.71. The molecular weight excluding hydrogens is 364 g/mol. The molecule has 2 aromatic rings. The second kappa shape index (κ2) is 7.92. The van der Waals surface area contributed by atoms with E-state index in [1.165, 1.54) is 5.56 Å². The summed E-state index contributed by atoms with van der Waals surface area (Å²) in [7, 11) is -0.873. The second-order valence-electron chi connectivity index (χ2n) is 8.28. The minimum atomic E-state index is -4.28. The van der Waals surface area contributed by atoms with Crippen LogP contribution in [0.5, 0.6) is 0 Å². The van der Waals surface area contributed by atoms with Crippen LogP contribution in [0.4, 0.5) is 13.2 Å². The molecule has 3 rings (SSSR count). The monoisotopic (exact) mass is 390 g/mol. The van der Waals surface area contributed by atoms with E-state index in [9.17, 15) is 18.2 Å². The summed E-state index contributed by atoms with van der Waals surface area (Å²) in [6, 6.07) is 11.6. The Morgan fingerprint density at radius 3 is 2.18 bits per heavy atom. The smallest absolute Gasteiger partial charge is 0.423 e. The fourth-order valence-corrected chi connectivity index (χ4v) is 3.76. The van der Waals surface area contributed by atoms with Crippen molar-refractivity contribution in [2.75, 3.05) is 0 Å². The van der Waals surface area contributed by atoms with Crippen molar-refractivity contribution in [2.45, 2.75) is 58.2 Å². The third-order valence-corrected chi connectivity index (χ3v) is 5.57. The predicted molar refractivity (Wildman–Crippen MR) is 105 cm³/mol. The predicted octanol–water partition coefficient (Wildman–Crippen LogP) is 4.86. The minimum Gasteiger partial charge on any atom is -0.423 e. The van der Waals surface area contributed by atoms with Gasteiger partial charge < -0.3 is 9.68 Å². The maximum atomic E-state index is 12.6. The standard InChI is InChI=1S/C22H26BF3O2/c1-15(4-6-16-8-11-18(12-9-16)22(24,25)26)5-7-17-10-13-19-20(14-17)23(27)28-21(19,2)3/h8-15,27H,4-7H2,1-3H3/t15-/m1/s1. The van der Waals surface area contributed by atoms with Gasteiger partial charge in [0, 0.05) is 0 Å². The number of fused-ring (bicyclic) bond motifs is 1. The highest BCUT2D eigenvalue weighted by molar-refractivity contribution is 6.62. The largest absolute Gasteiger partial charge is 0.492 e. The number of aryl methyl sites for hydroxylation is 2. The number of benzene rings is 2. The summed E-state index contributed by atoms with van der Waals surface area (Å²) >= 11 is 0. The van der Waals surface area contributed by atoms with Gasteiger partial charge in [-0.1, -0.05) is 37.3 Å². The summed E-state index contributed by atoms with van der Waals surface area (Å²) in [4.78, 5) is 0. The maximum absolute atomic E-state index is 12.6. The van der Waals surface area contributed by atoms with Gasteiger partial charge in [0.05, 0.1) is 11.2 Å². The van der Waals surface area contributed by atoms with Gasteiger partial charge in [0.25, 0.3) is 0 Å². The second-order valence-corrected chi connectivity index (χ2v) is 8.28. The summed E-state index contributed by atoms with van der Waals surface area (Å²) in [6.07, 6.45) is -0.705. The summed E-state index contributed by atoms with van der Waals surface area (Å²) in [6.45, 7) is 6.06. The molecule has 150 valence electrons. The van der Waals surface area contributed by atoms with Crippen molar-refractivity contribution in [1.29, 1.82) is 0 Å². The Bertz CT molecular complexity index is 816. The Morgan fingerprint density at radius 2 is 1.57 bits per heavy atom. The molecule has 0 amide bonds. The van der Waals surface area contributed by atoms with Crippen LogP contribution in [0.15, 0.2) is 42.5 Å². The molecule has 1 N–H and O–H groups in total. The molecule has 0 radical (unpaired) electrons. The summed E-state index contributed by atoms with van der Waals surface area (Å²) in [5, 5.41) is 10.1. The fourth-order valence-electron chi connectivity index (χ4n) is 3.76. The van der Waals surface area contributed by atoms with E-state index in [1.54, 1.807) is 12.1 Å². The average Bonchev–Trinajstić information content (AvgIpc) is 2.86. The van der Waals surface area contributed by atoms with Crippen molar-refractivity contribution < 1.29 is 22.8 Å². The maximum Gasteiger partial charge on any atom is 0.492 e. The van der Waals surface area contributed by atoms with Crippen molar-refractivity contribution in [1.82, 2.24) is 0 Å². The Labute approximate surface area is 164 Å². The lowest BCUT2D eigenvalue weighted by Gasteiger charge is -2.19. The van der Waals surface area contributed by atoms with Crippen LogP contribution >= 0.6 is 0 Å². The van der Waals surface area contributed by atoms with Gasteiger partial charge in [0.1, 0.15) is 0 Å². The van der Waals surface area contributed by atoms with Crippen LogP contribution in [-0.4, -0.2) is 12.1 Å². The zero-order valence-corrected chi connectivity index (χ0v) is 16.5. The van der Waals surface area contributed by atoms with E-state index in [0.29, 0.717) is 5.92 Å². The quantitative estimate of drug-likeness (QED) is 0.714. The van der Waals surface area contributed by atoms with E-state index in [1.807, 2.05) is 26.0 Å². The van der Waals surface area contributed by atoms with Gasteiger partial charge >= 0.3 is 13.3 Å². The molecule has 2 aromatic carbocycles. The van der Waals surface area contributed by atoms with Gasteiger partial charge in [-0.3, -0.25) is 0 Å². The summed E-state index contributed by atoms with van der Waals surface area (Å²) in [5.74, 6) is 0.452. The van der Waals surface area contributed by atoms with Crippen molar-refractivity contribution in [3.05, 3.63) is 64.7 Å². The van der Waals surface area contributed by atoms with E-state index in [4.69, 9.17) is 4.65 Å². The van der Waals surface area contributed by atoms with Crippen LogP contribution < -0.4 is 5.46 Å². The van der Waals surface area contributed by atoms with Gasteiger partial charge in [-0.2, -0.15) is 13.2 Å². The molecular formula is C22H26BF3O2. The zero-order valence-electron chi connectivity index (χ0n) is 16.5. The molecule has 1 heterocycles. The molecule has 0 aromatic heterocycles. The highest BCUT2D eigenvalue weighted by Crippen LogP contribution is 2.31. The Kier molecular flexibility index (Phi) is 5.92. The molecule has 1 aliphatic heterocycles. The molecule has 0 aliphatic carbocycles. The minimum absolute atomic E-state index is 0.452. The van der Waals surface area contributed by atoms with Crippen LogP contribution in [0.1, 0.15) is 55.9 Å². The van der Waals surface area contributed by atoms with Crippen LogP contribution in [0.3, 0.4) is 0 Å². The van der Waals surface area contributed by atoms with E-state index >= 15 is 0 Å². The number of hydrogen-bond acceptors (Lipinski definition) is 2. The Balaban J connectivity index is 1.51. The molecule has 28 heavy (non-hydrogen) atoms. The molecule has 1 aliphatic rings. The third kappa shape index (κ3) is 4.79. The first-order chi connectivity index (χ1) is 13.1. The zero-order chi connectivity index (χ0) is 20.5. The number of hydrogen-bond donors (Lipinski definition) is 1. The molecule has 0 unspecified atom stereocenters. The lowest BCUT2D eigenvalue weighted by Crippen LogP contribution is -2.28. The number of rotatable bonds is 6. The molecule has 2 nitrogen and oxygen atoms in total. The van der Waals surface area contributed by atoms with Crippen molar-refractivity contribution in [3.8, 4) is 0 Å². The van der Waals surface area contributed by atoms with Gasteiger partial charge in [-0.05, 0) is 79.7 Å². The van der Waals surface area contributed by atoms with Crippen LogP contribution in [0.2, 0.25) is 0 Å². The molecule has 0 fully saturated rings. The van der Waals surface area contributed by atoms with E-state index < -0.39 is 24.5 Å². The lowest BCUT2D eigenvalue weighted by molar-refractivity contribution is -0.137. The molecule has 0 bridgehead atoms. The van der Waals surface area contributed by atoms with Crippen molar-refractivity contribution >= 4 is 12.6 Å². The van der Waals surface area contributed by atoms with Crippen molar-refractivity contribution in [2.24, 2.45) is 5.92 Å². The van der Waals surface area contributed by atoms with Crippen molar-refractivity contribution in [3.63, 3.8) is 0 Å². The Morgan fingerprint density at radius 1 is 1.00 bits per heavy atom. The normalized spacial score (nSPS) is 16.9. The van der Waals surface area contributed by atoms with Gasteiger partial charge in [-0.25, -0.2) is 0 Å². The molecule has 0 saturated carbocycles. The summed E-state index contributed by atoms with van der Waals surface area (Å²) in [5.41, 5.74) is 2.90. The summed E-state index contributed by atoms with van der Waals surface area (Å²) < 4.78 is 43.5. The fraction of sp³-hybridized carbons (Fsp3) is 0.455. The first kappa shape index (κ1) is 20.9. The molecule has 0 spiro atoms. The highest BCUT2D eigenvalue weighted by atomic mass is 19.4. The van der Waals surface area contributed by atoms with Gasteiger partial charge in [0.2, 0.25) is 0 Å². The number of alkyl halides is 3. The van der Waals surface area contributed by atoms with Gasteiger partial charge in [-0.15, -0.1) is 0 Å². The highest BCUT2D eigenvalue weighted by Gasteiger charge is 2.40. The molecule has 6 heteroatoms. The lowest BCUT2D eigenvalue weighted by atomic mass is 9.77. The molecule has 1 atom stereocenters. The topological polar surface area (TPSA) is 29.5 Å². The van der Waals surface area contributed by atoms with Gasteiger partial charge in [0.15, 0.2) is 0 Å². The van der Waals surface area contributed by atoms with E-state index in [0.717, 1.165) is 54.4 Å². The Hall–Kier alpha value is -1.79. The number of halogens is 3. The molecule has 0 saturated heterocycles. The van der Waals surface area contributed by atoms with E-state index in [-0.39, 0.29) is 0 Å². The van der Waals surface area contributed by atoms with Crippen LogP contribution in [0, 0.1) is 5.92 Å². The first-order valence-corrected chi connectivity index (χ1v) is 9.71. The SMILES string of the molecule is C[C@H](CCc1ccc(C(F)(F)F)cc1)CCc1ccc2c(c1)B(O)OC2(C)C.